The van der Waals surface area contributed by atoms with Crippen LogP contribution < -0.4 is 9.64 Å². The van der Waals surface area contributed by atoms with Gasteiger partial charge in [0.15, 0.2) is 0 Å². The van der Waals surface area contributed by atoms with Crippen LogP contribution in [0.5, 0.6) is 5.75 Å². The molecule has 0 bridgehead atoms. The van der Waals surface area contributed by atoms with Gasteiger partial charge >= 0.3 is 0 Å². The summed E-state index contributed by atoms with van der Waals surface area (Å²) >= 11 is 0. The van der Waals surface area contributed by atoms with E-state index in [9.17, 15) is 0 Å². The highest BCUT2D eigenvalue weighted by Crippen LogP contribution is 2.18. The van der Waals surface area contributed by atoms with Gasteiger partial charge in [-0.1, -0.05) is 31.6 Å². The molecule has 2 nitrogen and oxygen atoms in total. The van der Waals surface area contributed by atoms with Crippen molar-refractivity contribution >= 4 is 13.8 Å². The maximum absolute atomic E-state index is 5.17. The molecule has 0 aromatic heterocycles. The lowest BCUT2D eigenvalue weighted by Gasteiger charge is -2.21. The van der Waals surface area contributed by atoms with Crippen LogP contribution in [-0.2, 0) is 0 Å². The Kier molecular flexibility index (Phi) is 5.72. The summed E-state index contributed by atoms with van der Waals surface area (Å²) in [5.41, 5.74) is 4.54. The average Bonchev–Trinajstić information content (AvgIpc) is 2.36. The predicted octanol–water partition coefficient (Wildman–Crippen LogP) is 3.57. The van der Waals surface area contributed by atoms with E-state index in [1.807, 2.05) is 18.2 Å². The molecule has 0 aliphatic heterocycles. The number of hydrogen-bond acceptors (Lipinski definition) is 2. The molecule has 1 aromatic carbocycles. The van der Waals surface area contributed by atoms with Crippen molar-refractivity contribution in [2.45, 2.75) is 19.6 Å². The van der Waals surface area contributed by atoms with Crippen LogP contribution in [0.15, 0.2) is 36.9 Å². The molecule has 0 spiro atoms. The normalized spacial score (nSPS) is 10.3. The van der Waals surface area contributed by atoms with Crippen LogP contribution in [0.1, 0.15) is 0 Å². The SMILES string of the molecule is C=CCN(CC#C[Si](C)(C)C)c1ccc(OC)cc1. The maximum Gasteiger partial charge on any atom is 0.129 e. The van der Waals surface area contributed by atoms with Gasteiger partial charge in [-0.3, -0.25) is 0 Å². The number of benzene rings is 1. The summed E-state index contributed by atoms with van der Waals surface area (Å²) < 4.78 is 5.17. The number of nitrogens with zero attached hydrogens (tertiary/aromatic N) is 1. The second-order valence-corrected chi connectivity index (χ2v) is 10.2. The van der Waals surface area contributed by atoms with E-state index in [-0.39, 0.29) is 0 Å². The molecule has 0 aliphatic carbocycles. The summed E-state index contributed by atoms with van der Waals surface area (Å²) in [5.74, 6) is 4.17. The molecule has 102 valence electrons. The molecule has 0 unspecified atom stereocenters. The molecular formula is C16H23NOSi. The molecule has 0 atom stereocenters. The molecule has 19 heavy (non-hydrogen) atoms. The minimum Gasteiger partial charge on any atom is -0.497 e. The van der Waals surface area contributed by atoms with E-state index in [1.54, 1.807) is 7.11 Å². The fourth-order valence-electron chi connectivity index (χ4n) is 1.61. The third kappa shape index (κ3) is 5.67. The van der Waals surface area contributed by atoms with Crippen molar-refractivity contribution in [3.63, 3.8) is 0 Å². The summed E-state index contributed by atoms with van der Waals surface area (Å²) in [6, 6.07) is 8.05. The first-order valence-corrected chi connectivity index (χ1v) is 9.96. The summed E-state index contributed by atoms with van der Waals surface area (Å²) in [4.78, 5) is 2.21. The van der Waals surface area contributed by atoms with Crippen molar-refractivity contribution in [1.29, 1.82) is 0 Å². The van der Waals surface area contributed by atoms with Crippen LogP contribution in [0.25, 0.3) is 0 Å². The molecular weight excluding hydrogens is 250 g/mol. The zero-order chi connectivity index (χ0) is 14.3. The average molecular weight is 273 g/mol. The first-order valence-electron chi connectivity index (χ1n) is 6.46. The second-order valence-electron chi connectivity index (χ2n) is 5.42. The maximum atomic E-state index is 5.17. The lowest BCUT2D eigenvalue weighted by atomic mass is 10.2. The molecule has 0 amide bonds. The van der Waals surface area contributed by atoms with Gasteiger partial charge < -0.3 is 9.64 Å². The number of methoxy groups -OCH3 is 1. The van der Waals surface area contributed by atoms with Crippen LogP contribution in [0.3, 0.4) is 0 Å². The van der Waals surface area contributed by atoms with Crippen molar-refractivity contribution in [2.24, 2.45) is 0 Å². The van der Waals surface area contributed by atoms with Gasteiger partial charge in [-0.25, -0.2) is 0 Å². The van der Waals surface area contributed by atoms with E-state index >= 15 is 0 Å². The quantitative estimate of drug-likeness (QED) is 0.462. The highest BCUT2D eigenvalue weighted by molar-refractivity contribution is 6.83. The molecule has 1 rings (SSSR count). The van der Waals surface area contributed by atoms with Gasteiger partial charge in [0.2, 0.25) is 0 Å². The largest absolute Gasteiger partial charge is 0.497 e. The van der Waals surface area contributed by atoms with E-state index in [1.165, 1.54) is 0 Å². The lowest BCUT2D eigenvalue weighted by molar-refractivity contribution is 0.415. The molecule has 0 radical (unpaired) electrons. The molecule has 0 aliphatic rings. The second kappa shape index (κ2) is 7.06. The number of anilines is 1. The minimum absolute atomic E-state index is 0.739. The topological polar surface area (TPSA) is 12.5 Å². The smallest absolute Gasteiger partial charge is 0.129 e. The van der Waals surface area contributed by atoms with Gasteiger partial charge in [-0.15, -0.1) is 12.1 Å². The fraction of sp³-hybridized carbons (Fsp3) is 0.375. The van der Waals surface area contributed by atoms with Gasteiger partial charge in [-0.05, 0) is 24.3 Å². The van der Waals surface area contributed by atoms with Gasteiger partial charge in [0, 0.05) is 12.2 Å². The van der Waals surface area contributed by atoms with Gasteiger partial charge in [-0.2, -0.15) is 0 Å². The summed E-state index contributed by atoms with van der Waals surface area (Å²) in [7, 11) is 0.380. The first kappa shape index (κ1) is 15.4. The highest BCUT2D eigenvalue weighted by Gasteiger charge is 2.08. The van der Waals surface area contributed by atoms with Crippen LogP contribution >= 0.6 is 0 Å². The predicted molar refractivity (Wildman–Crippen MR) is 86.5 cm³/mol. The molecule has 0 saturated carbocycles. The Morgan fingerprint density at radius 3 is 2.37 bits per heavy atom. The van der Waals surface area contributed by atoms with E-state index in [0.29, 0.717) is 0 Å². The monoisotopic (exact) mass is 273 g/mol. The Hall–Kier alpha value is -1.66. The third-order valence-electron chi connectivity index (χ3n) is 2.52. The van der Waals surface area contributed by atoms with E-state index in [4.69, 9.17) is 4.74 Å². The Morgan fingerprint density at radius 2 is 1.89 bits per heavy atom. The van der Waals surface area contributed by atoms with Crippen LogP contribution in [0.4, 0.5) is 5.69 Å². The number of rotatable bonds is 5. The van der Waals surface area contributed by atoms with Crippen molar-refractivity contribution in [2.75, 3.05) is 25.1 Å². The summed E-state index contributed by atoms with van der Waals surface area (Å²) in [5, 5.41) is 0. The van der Waals surface area contributed by atoms with Crippen LogP contribution in [0.2, 0.25) is 19.6 Å². The van der Waals surface area contributed by atoms with E-state index < -0.39 is 8.07 Å². The Morgan fingerprint density at radius 1 is 1.26 bits per heavy atom. The lowest BCUT2D eigenvalue weighted by Crippen LogP contribution is -2.24. The molecule has 1 aromatic rings. The van der Waals surface area contributed by atoms with Crippen molar-refractivity contribution in [3.05, 3.63) is 36.9 Å². The van der Waals surface area contributed by atoms with Crippen molar-refractivity contribution in [1.82, 2.24) is 0 Å². The van der Waals surface area contributed by atoms with Gasteiger partial charge in [0.05, 0.1) is 13.7 Å². The summed E-state index contributed by atoms with van der Waals surface area (Å²) in [6.45, 7) is 12.1. The van der Waals surface area contributed by atoms with Crippen LogP contribution in [0, 0.1) is 11.5 Å². The van der Waals surface area contributed by atoms with Gasteiger partial charge in [0.1, 0.15) is 13.8 Å². The zero-order valence-electron chi connectivity index (χ0n) is 12.4. The fourth-order valence-corrected chi connectivity index (χ4v) is 2.22. The van der Waals surface area contributed by atoms with E-state index in [0.717, 1.165) is 24.5 Å². The van der Waals surface area contributed by atoms with Crippen molar-refractivity contribution < 1.29 is 4.74 Å². The third-order valence-corrected chi connectivity index (χ3v) is 3.45. The molecule has 3 heteroatoms. The number of ether oxygens (including phenoxy) is 1. The van der Waals surface area contributed by atoms with E-state index in [2.05, 4.69) is 54.7 Å². The Balaban J connectivity index is 2.80. The molecule has 0 N–H and O–H groups in total. The minimum atomic E-state index is -1.30. The number of hydrogen-bond donors (Lipinski definition) is 0. The molecule has 0 heterocycles. The van der Waals surface area contributed by atoms with Crippen molar-refractivity contribution in [3.8, 4) is 17.2 Å². The van der Waals surface area contributed by atoms with Gasteiger partial charge in [0.25, 0.3) is 0 Å². The summed E-state index contributed by atoms with van der Waals surface area (Å²) in [6.07, 6.45) is 1.90. The first-order chi connectivity index (χ1) is 8.96. The standard InChI is InChI=1S/C16H23NOSi/c1-6-12-17(13-7-14-19(3,4)5)15-8-10-16(18-2)11-9-15/h6,8-11H,1,12-13H2,2-5H3. The highest BCUT2D eigenvalue weighted by atomic mass is 28.3. The molecule has 0 saturated heterocycles. The molecule has 0 fully saturated rings. The Labute approximate surface area is 118 Å². The zero-order valence-corrected chi connectivity index (χ0v) is 13.4. The van der Waals surface area contributed by atoms with Crippen LogP contribution in [-0.4, -0.2) is 28.3 Å². The Bertz CT molecular complexity index is 462.